The molecule has 0 spiro atoms. The van der Waals surface area contributed by atoms with E-state index in [1.54, 1.807) is 6.92 Å². The van der Waals surface area contributed by atoms with Gasteiger partial charge in [-0.3, -0.25) is 0 Å². The molecule has 0 aromatic rings. The number of carboxylic acids is 3. The molecule has 9 nitrogen and oxygen atoms in total. The Labute approximate surface area is 156 Å². The molecule has 0 aromatic carbocycles. The summed E-state index contributed by atoms with van der Waals surface area (Å²) in [4.78, 5) is 33.1. The fourth-order valence-electron chi connectivity index (χ4n) is 3.12. The van der Waals surface area contributed by atoms with Crippen molar-refractivity contribution in [3.05, 3.63) is 36.5 Å². The molecule has 152 valence electrons. The summed E-state index contributed by atoms with van der Waals surface area (Å²) in [7, 11) is 0. The minimum Gasteiger partial charge on any atom is -0.478 e. The number of hydrogen-bond acceptors (Lipinski definition) is 6. The molecule has 1 unspecified atom stereocenters. The van der Waals surface area contributed by atoms with Crippen molar-refractivity contribution in [1.82, 2.24) is 0 Å². The summed E-state index contributed by atoms with van der Waals surface area (Å²) >= 11 is 0. The molecule has 0 radical (unpaired) electrons. The molecule has 1 atom stereocenters. The van der Waals surface area contributed by atoms with E-state index < -0.39 is 54.5 Å². The van der Waals surface area contributed by atoms with Crippen LogP contribution in [0.15, 0.2) is 36.5 Å². The SMILES string of the molecule is CCCC(CO)C(CO)(CO)C(C=CC(=O)O)(C=CC(=O)O)C=CC(=O)O. The first-order valence-corrected chi connectivity index (χ1v) is 8.23. The van der Waals surface area contributed by atoms with Gasteiger partial charge in [-0.1, -0.05) is 31.6 Å². The van der Waals surface area contributed by atoms with Crippen LogP contribution >= 0.6 is 0 Å². The third-order valence-corrected chi connectivity index (χ3v) is 4.57. The van der Waals surface area contributed by atoms with Crippen LogP contribution in [0.4, 0.5) is 0 Å². The molecule has 0 bridgehead atoms. The van der Waals surface area contributed by atoms with Crippen molar-refractivity contribution in [3.63, 3.8) is 0 Å². The number of carboxylic acid groups (broad SMARTS) is 3. The maximum atomic E-state index is 11.0. The topological polar surface area (TPSA) is 173 Å². The van der Waals surface area contributed by atoms with E-state index in [9.17, 15) is 29.7 Å². The van der Waals surface area contributed by atoms with Crippen LogP contribution < -0.4 is 0 Å². The quantitative estimate of drug-likeness (QED) is 0.243. The smallest absolute Gasteiger partial charge is 0.328 e. The van der Waals surface area contributed by atoms with Gasteiger partial charge in [-0.2, -0.15) is 0 Å². The lowest BCUT2D eigenvalue weighted by molar-refractivity contribution is -0.132. The van der Waals surface area contributed by atoms with Gasteiger partial charge in [0, 0.05) is 35.7 Å². The summed E-state index contributed by atoms with van der Waals surface area (Å²) in [6, 6.07) is 0. The normalized spacial score (nSPS) is 16.0. The molecule has 0 heterocycles. The number of aliphatic carboxylic acids is 3. The average Bonchev–Trinajstić information content (AvgIpc) is 2.62. The predicted octanol–water partition coefficient (Wildman–Crippen LogP) is 0.275. The zero-order valence-corrected chi connectivity index (χ0v) is 15.0. The largest absolute Gasteiger partial charge is 0.478 e. The first-order valence-electron chi connectivity index (χ1n) is 8.23. The van der Waals surface area contributed by atoms with Gasteiger partial charge < -0.3 is 30.6 Å². The number of allylic oxidation sites excluding steroid dienone is 3. The van der Waals surface area contributed by atoms with Crippen molar-refractivity contribution >= 4 is 17.9 Å². The first-order chi connectivity index (χ1) is 12.6. The Balaban J connectivity index is 6.94. The Morgan fingerprint density at radius 1 is 0.815 bits per heavy atom. The van der Waals surface area contributed by atoms with E-state index in [2.05, 4.69) is 0 Å². The monoisotopic (exact) mass is 386 g/mol. The van der Waals surface area contributed by atoms with Gasteiger partial charge in [0.15, 0.2) is 0 Å². The van der Waals surface area contributed by atoms with Gasteiger partial charge in [0.25, 0.3) is 0 Å². The number of carbonyl (C=O) groups is 3. The highest BCUT2D eigenvalue weighted by Crippen LogP contribution is 2.50. The third-order valence-electron chi connectivity index (χ3n) is 4.57. The van der Waals surface area contributed by atoms with E-state index >= 15 is 0 Å². The van der Waals surface area contributed by atoms with E-state index in [4.69, 9.17) is 15.3 Å². The standard InChI is InChI=1S/C18H26O9/c1-2-3-13(10-19)18(11-20,12-21)17(7-4-14(22)23,8-5-15(24)25)9-6-16(26)27/h4-9,13,19-21H,2-3,10-12H2,1H3,(H,22,23)(H,24,25)(H,26,27). The molecule has 0 amide bonds. The molecule has 0 aromatic heterocycles. The summed E-state index contributed by atoms with van der Waals surface area (Å²) in [6.45, 7) is -0.254. The average molecular weight is 386 g/mol. The molecule has 6 N–H and O–H groups in total. The second kappa shape index (κ2) is 11.3. The maximum absolute atomic E-state index is 11.0. The van der Waals surface area contributed by atoms with Gasteiger partial charge in [-0.25, -0.2) is 14.4 Å². The van der Waals surface area contributed by atoms with Gasteiger partial charge in [0.1, 0.15) is 0 Å². The Kier molecular flexibility index (Phi) is 10.2. The number of rotatable bonds is 13. The summed E-state index contributed by atoms with van der Waals surface area (Å²) in [5.41, 5.74) is -3.48. The van der Waals surface area contributed by atoms with Crippen LogP contribution in [0.25, 0.3) is 0 Å². The molecule has 0 aliphatic carbocycles. The van der Waals surface area contributed by atoms with Crippen LogP contribution in [0.3, 0.4) is 0 Å². The summed E-state index contributed by atoms with van der Waals surface area (Å²) in [5.74, 6) is -4.97. The Bertz CT molecular complexity index is 540. The van der Waals surface area contributed by atoms with E-state index in [1.807, 2.05) is 0 Å². The highest BCUT2D eigenvalue weighted by Gasteiger charge is 2.51. The second-order valence-corrected chi connectivity index (χ2v) is 6.09. The first kappa shape index (κ1) is 24.5. The summed E-state index contributed by atoms with van der Waals surface area (Å²) in [6.07, 6.45) is 5.84. The zero-order chi connectivity index (χ0) is 21.1. The van der Waals surface area contributed by atoms with Gasteiger partial charge in [-0.05, 0) is 12.3 Å². The minimum atomic E-state index is -1.81. The Hall–Kier alpha value is -2.49. The third kappa shape index (κ3) is 6.31. The van der Waals surface area contributed by atoms with Crippen LogP contribution in [0.1, 0.15) is 19.8 Å². The molecule has 0 fully saturated rings. The lowest BCUT2D eigenvalue weighted by Gasteiger charge is -2.48. The van der Waals surface area contributed by atoms with Gasteiger partial charge >= 0.3 is 17.9 Å². The van der Waals surface area contributed by atoms with Gasteiger partial charge in [0.2, 0.25) is 0 Å². The minimum absolute atomic E-state index is 0.308. The summed E-state index contributed by atoms with van der Waals surface area (Å²) < 4.78 is 0. The van der Waals surface area contributed by atoms with Gasteiger partial charge in [-0.15, -0.1) is 0 Å². The molecule has 0 aliphatic heterocycles. The van der Waals surface area contributed by atoms with E-state index in [1.165, 1.54) is 0 Å². The van der Waals surface area contributed by atoms with E-state index in [0.29, 0.717) is 31.1 Å². The van der Waals surface area contributed by atoms with Crippen molar-refractivity contribution < 1.29 is 45.0 Å². The van der Waals surface area contributed by atoms with Crippen molar-refractivity contribution in [1.29, 1.82) is 0 Å². The fourth-order valence-corrected chi connectivity index (χ4v) is 3.12. The highest BCUT2D eigenvalue weighted by molar-refractivity contribution is 5.82. The molecular formula is C18H26O9. The molecule has 0 rings (SSSR count). The molecule has 0 saturated carbocycles. The second-order valence-electron chi connectivity index (χ2n) is 6.09. The van der Waals surface area contributed by atoms with E-state index in [-0.39, 0.29) is 0 Å². The van der Waals surface area contributed by atoms with Crippen molar-refractivity contribution in [2.24, 2.45) is 16.7 Å². The number of aliphatic hydroxyl groups excluding tert-OH is 3. The lowest BCUT2D eigenvalue weighted by atomic mass is 9.56. The Morgan fingerprint density at radius 3 is 1.41 bits per heavy atom. The predicted molar refractivity (Wildman–Crippen MR) is 94.8 cm³/mol. The van der Waals surface area contributed by atoms with Crippen molar-refractivity contribution in [2.45, 2.75) is 19.8 Å². The van der Waals surface area contributed by atoms with Gasteiger partial charge in [0.05, 0.1) is 13.2 Å². The highest BCUT2D eigenvalue weighted by atomic mass is 16.4. The maximum Gasteiger partial charge on any atom is 0.328 e. The molecule has 0 aliphatic rings. The van der Waals surface area contributed by atoms with Crippen LogP contribution in [0.5, 0.6) is 0 Å². The Morgan fingerprint density at radius 2 is 1.19 bits per heavy atom. The summed E-state index contributed by atoms with van der Waals surface area (Å²) in [5, 5.41) is 57.0. The molecule has 27 heavy (non-hydrogen) atoms. The van der Waals surface area contributed by atoms with Crippen LogP contribution in [0.2, 0.25) is 0 Å². The van der Waals surface area contributed by atoms with Crippen molar-refractivity contribution in [3.8, 4) is 0 Å². The lowest BCUT2D eigenvalue weighted by Crippen LogP contribution is -2.51. The van der Waals surface area contributed by atoms with Crippen molar-refractivity contribution in [2.75, 3.05) is 19.8 Å². The fraction of sp³-hybridized carbons (Fsp3) is 0.500. The zero-order valence-electron chi connectivity index (χ0n) is 15.0. The van der Waals surface area contributed by atoms with Crippen LogP contribution in [0, 0.1) is 16.7 Å². The van der Waals surface area contributed by atoms with E-state index in [0.717, 1.165) is 18.2 Å². The molecular weight excluding hydrogens is 360 g/mol. The number of hydrogen-bond donors (Lipinski definition) is 6. The molecule has 9 heteroatoms. The number of aliphatic hydroxyl groups is 3. The molecule has 0 saturated heterocycles. The van der Waals surface area contributed by atoms with Crippen LogP contribution in [-0.2, 0) is 14.4 Å². The van der Waals surface area contributed by atoms with Crippen LogP contribution in [-0.4, -0.2) is 68.4 Å².